The number of hydrogen-bond acceptors (Lipinski definition) is 7. The molecular formula is C30H46N2O7. The Labute approximate surface area is 233 Å². The van der Waals surface area contributed by atoms with E-state index < -0.39 is 35.3 Å². The van der Waals surface area contributed by atoms with E-state index in [2.05, 4.69) is 25.1 Å². The molecule has 1 N–H and O–H groups in total. The Morgan fingerprint density at radius 2 is 1.77 bits per heavy atom. The molecule has 9 nitrogen and oxygen atoms in total. The van der Waals surface area contributed by atoms with E-state index in [4.69, 9.17) is 14.2 Å². The van der Waals surface area contributed by atoms with Gasteiger partial charge in [0.15, 0.2) is 0 Å². The van der Waals surface area contributed by atoms with Gasteiger partial charge in [-0.05, 0) is 45.4 Å². The number of esters is 2. The number of nitrogens with one attached hydrogen (secondary N) is 1. The van der Waals surface area contributed by atoms with E-state index in [9.17, 15) is 19.2 Å². The van der Waals surface area contributed by atoms with Crippen LogP contribution in [0.4, 0.5) is 0 Å². The molecule has 1 saturated heterocycles. The van der Waals surface area contributed by atoms with Crippen molar-refractivity contribution >= 4 is 23.8 Å². The lowest BCUT2D eigenvalue weighted by Crippen LogP contribution is -2.54. The van der Waals surface area contributed by atoms with Crippen LogP contribution in [0.15, 0.2) is 38.0 Å². The monoisotopic (exact) mass is 546 g/mol. The molecule has 5 atom stereocenters. The van der Waals surface area contributed by atoms with Gasteiger partial charge >= 0.3 is 11.9 Å². The van der Waals surface area contributed by atoms with E-state index in [0.29, 0.717) is 25.7 Å². The zero-order chi connectivity index (χ0) is 28.8. The van der Waals surface area contributed by atoms with E-state index in [1.165, 1.54) is 4.90 Å². The smallest absolute Gasteiger partial charge is 0.332 e. The van der Waals surface area contributed by atoms with Crippen LogP contribution in [0.3, 0.4) is 0 Å². The van der Waals surface area contributed by atoms with Crippen molar-refractivity contribution in [2.75, 3.05) is 26.9 Å². The summed E-state index contributed by atoms with van der Waals surface area (Å²) in [4.78, 5) is 54.2. The first kappa shape index (κ1) is 32.3. The molecule has 2 rings (SSSR count). The average molecular weight is 547 g/mol. The molecule has 2 fully saturated rings. The molecule has 0 aromatic heterocycles. The molecule has 1 heterocycles. The van der Waals surface area contributed by atoms with E-state index in [1.54, 1.807) is 26.2 Å². The fourth-order valence-electron chi connectivity index (χ4n) is 5.10. The summed E-state index contributed by atoms with van der Waals surface area (Å²) in [6, 6.07) is -0.827. The van der Waals surface area contributed by atoms with Gasteiger partial charge in [-0.2, -0.15) is 0 Å². The van der Waals surface area contributed by atoms with Gasteiger partial charge < -0.3 is 24.4 Å². The lowest BCUT2D eigenvalue weighted by atomic mass is 9.95. The van der Waals surface area contributed by atoms with Gasteiger partial charge in [-0.1, -0.05) is 31.1 Å². The fourth-order valence-corrected chi connectivity index (χ4v) is 5.10. The minimum absolute atomic E-state index is 0.0534. The van der Waals surface area contributed by atoms with Crippen molar-refractivity contribution in [1.29, 1.82) is 0 Å². The summed E-state index contributed by atoms with van der Waals surface area (Å²) >= 11 is 0. The van der Waals surface area contributed by atoms with Crippen molar-refractivity contribution in [2.45, 2.75) is 88.8 Å². The van der Waals surface area contributed by atoms with Crippen LogP contribution < -0.4 is 5.32 Å². The average Bonchev–Trinajstić information content (AvgIpc) is 3.47. The third kappa shape index (κ3) is 9.05. The maximum atomic E-state index is 13.8. The number of nitrogens with zero attached hydrogens (tertiary/aromatic N) is 1. The Morgan fingerprint density at radius 1 is 1.05 bits per heavy atom. The summed E-state index contributed by atoms with van der Waals surface area (Å²) in [5, 5.41) is 2.87. The zero-order valence-corrected chi connectivity index (χ0v) is 23.7. The molecule has 1 aliphatic heterocycles. The highest BCUT2D eigenvalue weighted by molar-refractivity contribution is 5.96. The van der Waals surface area contributed by atoms with Crippen LogP contribution in [0.1, 0.15) is 71.1 Å². The van der Waals surface area contributed by atoms with E-state index >= 15 is 0 Å². The lowest BCUT2D eigenvalue weighted by Gasteiger charge is -2.29. The highest BCUT2D eigenvalue weighted by Crippen LogP contribution is 2.45. The van der Waals surface area contributed by atoms with Crippen molar-refractivity contribution in [3.63, 3.8) is 0 Å². The molecule has 9 heteroatoms. The maximum Gasteiger partial charge on any atom is 0.332 e. The Balaban J connectivity index is 2.16. The predicted octanol–water partition coefficient (Wildman–Crippen LogP) is 3.88. The molecule has 0 radical (unpaired) electrons. The van der Waals surface area contributed by atoms with Gasteiger partial charge in [0.05, 0.1) is 25.7 Å². The second-order valence-corrected chi connectivity index (χ2v) is 10.3. The van der Waals surface area contributed by atoms with Gasteiger partial charge in [-0.25, -0.2) is 4.79 Å². The quantitative estimate of drug-likeness (QED) is 0.149. The molecule has 2 amide bonds. The molecular weight excluding hydrogens is 500 g/mol. The number of amides is 2. The molecule has 0 bridgehead atoms. The molecule has 1 saturated carbocycles. The lowest BCUT2D eigenvalue weighted by molar-refractivity contribution is -0.152. The van der Waals surface area contributed by atoms with E-state index in [-0.39, 0.29) is 44.1 Å². The number of methoxy groups -OCH3 is 1. The Morgan fingerprint density at radius 3 is 2.38 bits per heavy atom. The highest BCUT2D eigenvalue weighted by Gasteiger charge is 2.62. The SMILES string of the molecule is C=CCCCCC[C@H](CC(=O)OCCCC=C)C(=O)N1C[C@H](OC)C[C@H]1C(=O)N[C@]1(C(=O)OCC)C[C@@H]1C=C. The van der Waals surface area contributed by atoms with Crippen LogP contribution in [-0.4, -0.2) is 73.2 Å². The van der Waals surface area contributed by atoms with Crippen molar-refractivity contribution in [3.05, 3.63) is 38.0 Å². The largest absolute Gasteiger partial charge is 0.466 e. The Kier molecular flexibility index (Phi) is 13.4. The summed E-state index contributed by atoms with van der Waals surface area (Å²) in [6.45, 7) is 13.6. The van der Waals surface area contributed by atoms with Crippen LogP contribution in [0.25, 0.3) is 0 Å². The van der Waals surface area contributed by atoms with Gasteiger partial charge in [0.2, 0.25) is 11.8 Å². The third-order valence-electron chi connectivity index (χ3n) is 7.51. The van der Waals surface area contributed by atoms with Crippen molar-refractivity contribution < 1.29 is 33.4 Å². The zero-order valence-electron chi connectivity index (χ0n) is 23.7. The standard InChI is InChI=1S/C30H46N2O7/c1-6-10-12-13-14-16-22(18-26(33)39-17-15-11-7-2)28(35)32-21-24(37-5)19-25(32)27(34)31-30(20-23(30)8-3)29(36)38-9-4/h6-8,22-25H,1-3,9-21H2,4-5H3,(H,31,34)/t22-,23+,24-,25+,30-/m1/s1. The third-order valence-corrected chi connectivity index (χ3v) is 7.51. The van der Waals surface area contributed by atoms with Crippen LogP contribution >= 0.6 is 0 Å². The number of hydrogen-bond donors (Lipinski definition) is 1. The summed E-state index contributed by atoms with van der Waals surface area (Å²) < 4.78 is 16.1. The molecule has 218 valence electrons. The first-order valence-electron chi connectivity index (χ1n) is 14.1. The van der Waals surface area contributed by atoms with Gasteiger partial charge in [-0.3, -0.25) is 14.4 Å². The molecule has 1 aliphatic carbocycles. The fraction of sp³-hybridized carbons (Fsp3) is 0.667. The predicted molar refractivity (Wildman–Crippen MR) is 149 cm³/mol. The minimum atomic E-state index is -1.16. The second-order valence-electron chi connectivity index (χ2n) is 10.3. The molecule has 0 aromatic rings. The van der Waals surface area contributed by atoms with E-state index in [1.807, 2.05) is 6.08 Å². The topological polar surface area (TPSA) is 111 Å². The maximum absolute atomic E-state index is 13.8. The van der Waals surface area contributed by atoms with Gasteiger partial charge in [0.25, 0.3) is 0 Å². The molecule has 0 unspecified atom stereocenters. The normalized spacial score (nSPS) is 24.4. The summed E-state index contributed by atoms with van der Waals surface area (Å²) in [6.07, 6.45) is 11.0. The number of unbranched alkanes of at least 4 members (excludes halogenated alkanes) is 4. The first-order valence-corrected chi connectivity index (χ1v) is 14.1. The summed E-state index contributed by atoms with van der Waals surface area (Å²) in [5.41, 5.74) is -1.16. The van der Waals surface area contributed by atoms with Crippen molar-refractivity contribution in [1.82, 2.24) is 10.2 Å². The van der Waals surface area contributed by atoms with Crippen molar-refractivity contribution in [3.8, 4) is 0 Å². The van der Waals surface area contributed by atoms with Crippen LogP contribution in [-0.2, 0) is 33.4 Å². The van der Waals surface area contributed by atoms with Gasteiger partial charge in [0.1, 0.15) is 11.6 Å². The molecule has 39 heavy (non-hydrogen) atoms. The second kappa shape index (κ2) is 16.2. The summed E-state index contributed by atoms with van der Waals surface area (Å²) in [7, 11) is 1.54. The van der Waals surface area contributed by atoms with Gasteiger partial charge in [0, 0.05) is 31.9 Å². The van der Waals surface area contributed by atoms with Crippen LogP contribution in [0.2, 0.25) is 0 Å². The molecule has 2 aliphatic rings. The van der Waals surface area contributed by atoms with Crippen LogP contribution in [0, 0.1) is 11.8 Å². The van der Waals surface area contributed by atoms with Crippen molar-refractivity contribution in [2.24, 2.45) is 11.8 Å². The summed E-state index contributed by atoms with van der Waals surface area (Å²) in [5.74, 6) is -2.49. The number of ether oxygens (including phenoxy) is 3. The number of allylic oxidation sites excluding steroid dienone is 2. The van der Waals surface area contributed by atoms with Crippen LogP contribution in [0.5, 0.6) is 0 Å². The first-order chi connectivity index (χ1) is 18.8. The number of carbonyl (C=O) groups excluding carboxylic acids is 4. The van der Waals surface area contributed by atoms with E-state index in [0.717, 1.165) is 32.1 Å². The number of carbonyl (C=O) groups is 4. The molecule has 0 spiro atoms. The Bertz CT molecular complexity index is 889. The number of rotatable bonds is 19. The number of likely N-dealkylation sites (tertiary alicyclic amines) is 1. The van der Waals surface area contributed by atoms with Gasteiger partial charge in [-0.15, -0.1) is 19.7 Å². The molecule has 0 aromatic carbocycles. The highest BCUT2D eigenvalue weighted by atomic mass is 16.5. The Hall–Kier alpha value is -2.94. The minimum Gasteiger partial charge on any atom is -0.466 e.